The topological polar surface area (TPSA) is 81.4 Å². The van der Waals surface area contributed by atoms with Crippen LogP contribution in [0.1, 0.15) is 12.8 Å². The fraction of sp³-hybridized carbons (Fsp3) is 1.00. The molecule has 0 unspecified atom stereocenters. The predicted octanol–water partition coefficient (Wildman–Crippen LogP) is -1.04. The molecule has 1 aliphatic rings. The van der Waals surface area contributed by atoms with Crippen LogP contribution in [0.15, 0.2) is 0 Å². The van der Waals surface area contributed by atoms with Crippen molar-refractivity contribution in [2.24, 2.45) is 5.73 Å². The Kier molecular flexibility index (Phi) is 2.83. The highest BCUT2D eigenvalue weighted by molar-refractivity contribution is 7.84. The van der Waals surface area contributed by atoms with Crippen LogP contribution < -0.4 is 10.5 Å². The van der Waals surface area contributed by atoms with Crippen LogP contribution in [0.4, 0.5) is 0 Å². The molecule has 1 aliphatic carbocycles. The first-order chi connectivity index (χ1) is 5.14. The minimum atomic E-state index is -3.51. The summed E-state index contributed by atoms with van der Waals surface area (Å²) in [6.07, 6.45) is 1.82. The number of nitrogens with two attached hydrogens (primary N) is 1. The Morgan fingerprint density at radius 1 is 1.55 bits per heavy atom. The van der Waals surface area contributed by atoms with E-state index in [1.54, 1.807) is 0 Å². The number of nitrogens with one attached hydrogen (secondary N) is 1. The van der Waals surface area contributed by atoms with Crippen molar-refractivity contribution < 1.29 is 12.6 Å². The van der Waals surface area contributed by atoms with E-state index in [4.69, 9.17) is 5.73 Å². The molecule has 0 spiro atoms. The average molecular weight is 180 g/mol. The quantitative estimate of drug-likeness (QED) is 0.566. The van der Waals surface area contributed by atoms with Gasteiger partial charge in [-0.25, -0.2) is 0 Å². The van der Waals surface area contributed by atoms with Gasteiger partial charge >= 0.3 is 10.3 Å². The molecule has 1 rings (SSSR count). The van der Waals surface area contributed by atoms with Gasteiger partial charge in [0.05, 0.1) is 6.61 Å². The molecular formula is C5H12N2O3S. The molecule has 11 heavy (non-hydrogen) atoms. The van der Waals surface area contributed by atoms with Gasteiger partial charge in [-0.15, -0.1) is 0 Å². The van der Waals surface area contributed by atoms with Gasteiger partial charge in [0.15, 0.2) is 0 Å². The van der Waals surface area contributed by atoms with E-state index in [2.05, 4.69) is 8.91 Å². The Balaban J connectivity index is 2.26. The smallest absolute Gasteiger partial charge is 0.328 e. The fourth-order valence-electron chi connectivity index (χ4n) is 0.597. The predicted molar refractivity (Wildman–Crippen MR) is 40.1 cm³/mol. The lowest BCUT2D eigenvalue weighted by Crippen LogP contribution is -2.29. The molecule has 0 aromatic heterocycles. The van der Waals surface area contributed by atoms with Gasteiger partial charge in [-0.1, -0.05) is 0 Å². The van der Waals surface area contributed by atoms with E-state index < -0.39 is 10.3 Å². The largest absolute Gasteiger partial charge is 0.336 e. The van der Waals surface area contributed by atoms with Crippen molar-refractivity contribution in [3.05, 3.63) is 0 Å². The molecule has 0 aromatic rings. The van der Waals surface area contributed by atoms with Crippen molar-refractivity contribution in [2.45, 2.75) is 18.9 Å². The van der Waals surface area contributed by atoms with E-state index >= 15 is 0 Å². The summed E-state index contributed by atoms with van der Waals surface area (Å²) in [4.78, 5) is 0. The van der Waals surface area contributed by atoms with Crippen molar-refractivity contribution >= 4 is 10.3 Å². The molecule has 3 N–H and O–H groups in total. The lowest BCUT2D eigenvalue weighted by atomic mass is 10.8. The summed E-state index contributed by atoms with van der Waals surface area (Å²) in [6.45, 7) is 0.258. The van der Waals surface area contributed by atoms with Gasteiger partial charge in [0.2, 0.25) is 0 Å². The highest BCUT2D eigenvalue weighted by Gasteiger charge is 2.27. The minimum Gasteiger partial charge on any atom is -0.328 e. The monoisotopic (exact) mass is 180 g/mol. The molecule has 0 heterocycles. The second-order valence-electron chi connectivity index (χ2n) is 2.46. The number of rotatable bonds is 5. The molecule has 0 saturated heterocycles. The molecule has 0 aliphatic heterocycles. The highest BCUT2D eigenvalue weighted by Crippen LogP contribution is 2.19. The molecule has 5 nitrogen and oxygen atoms in total. The Morgan fingerprint density at radius 2 is 2.18 bits per heavy atom. The van der Waals surface area contributed by atoms with Crippen molar-refractivity contribution in [1.29, 1.82) is 0 Å². The van der Waals surface area contributed by atoms with Gasteiger partial charge in [-0.3, -0.25) is 4.18 Å². The van der Waals surface area contributed by atoms with Gasteiger partial charge in [0.1, 0.15) is 0 Å². The maximum absolute atomic E-state index is 10.9. The molecular weight excluding hydrogens is 168 g/mol. The number of hydrogen-bond acceptors (Lipinski definition) is 4. The van der Waals surface area contributed by atoms with E-state index in [1.165, 1.54) is 0 Å². The Labute approximate surface area is 66.2 Å². The maximum atomic E-state index is 10.9. The molecule has 6 heteroatoms. The third-order valence-electron chi connectivity index (χ3n) is 1.24. The first kappa shape index (κ1) is 8.92. The van der Waals surface area contributed by atoms with E-state index in [-0.39, 0.29) is 19.2 Å². The minimum absolute atomic E-state index is 0.0437. The van der Waals surface area contributed by atoms with Crippen LogP contribution in [-0.4, -0.2) is 27.6 Å². The summed E-state index contributed by atoms with van der Waals surface area (Å²) < 4.78 is 28.5. The first-order valence-corrected chi connectivity index (χ1v) is 4.91. The SMILES string of the molecule is NCCOS(=O)(=O)NC1CC1. The Hall–Kier alpha value is -0.170. The molecule has 0 aromatic carbocycles. The van der Waals surface area contributed by atoms with Crippen LogP contribution >= 0.6 is 0 Å². The van der Waals surface area contributed by atoms with Gasteiger partial charge < -0.3 is 5.73 Å². The highest BCUT2D eigenvalue weighted by atomic mass is 32.2. The van der Waals surface area contributed by atoms with Crippen LogP contribution in [0, 0.1) is 0 Å². The lowest BCUT2D eigenvalue weighted by molar-refractivity contribution is 0.320. The summed E-state index contributed by atoms with van der Waals surface area (Å²) >= 11 is 0. The van der Waals surface area contributed by atoms with Crippen molar-refractivity contribution in [3.63, 3.8) is 0 Å². The van der Waals surface area contributed by atoms with Gasteiger partial charge in [-0.05, 0) is 12.8 Å². The van der Waals surface area contributed by atoms with E-state index in [0.29, 0.717) is 0 Å². The lowest BCUT2D eigenvalue weighted by Gasteiger charge is -2.03. The first-order valence-electron chi connectivity index (χ1n) is 3.51. The summed E-state index contributed by atoms with van der Waals surface area (Å²) in [5, 5.41) is 0. The molecule has 0 amide bonds. The third kappa shape index (κ3) is 3.66. The van der Waals surface area contributed by atoms with Crippen molar-refractivity contribution in [2.75, 3.05) is 13.2 Å². The van der Waals surface area contributed by atoms with Crippen LogP contribution in [0.2, 0.25) is 0 Å². The van der Waals surface area contributed by atoms with Crippen LogP contribution in [0.5, 0.6) is 0 Å². The summed E-state index contributed by atoms with van der Waals surface area (Å²) in [7, 11) is -3.51. The normalized spacial score (nSPS) is 18.6. The second-order valence-corrected chi connectivity index (χ2v) is 3.84. The summed E-state index contributed by atoms with van der Waals surface area (Å²) in [5.41, 5.74) is 5.06. The van der Waals surface area contributed by atoms with E-state index in [0.717, 1.165) is 12.8 Å². The van der Waals surface area contributed by atoms with Crippen LogP contribution in [0.3, 0.4) is 0 Å². The number of hydrogen-bond donors (Lipinski definition) is 2. The zero-order valence-corrected chi connectivity index (χ0v) is 6.93. The second kappa shape index (κ2) is 3.48. The van der Waals surface area contributed by atoms with Crippen LogP contribution in [-0.2, 0) is 14.5 Å². The molecule has 0 atom stereocenters. The van der Waals surface area contributed by atoms with Crippen molar-refractivity contribution in [1.82, 2.24) is 4.72 Å². The maximum Gasteiger partial charge on any atom is 0.336 e. The summed E-state index contributed by atoms with van der Waals surface area (Å²) in [6, 6.07) is 0.0952. The van der Waals surface area contributed by atoms with E-state index in [1.807, 2.05) is 0 Å². The Morgan fingerprint density at radius 3 is 2.64 bits per heavy atom. The average Bonchev–Trinajstić information content (AvgIpc) is 2.67. The fourth-order valence-corrected chi connectivity index (χ4v) is 1.62. The molecule has 0 bridgehead atoms. The van der Waals surface area contributed by atoms with Gasteiger partial charge in [-0.2, -0.15) is 13.1 Å². The molecule has 66 valence electrons. The molecule has 1 saturated carbocycles. The standard InChI is InChI=1S/C5H12N2O3S/c6-3-4-10-11(8,9)7-5-1-2-5/h5,7H,1-4,6H2. The Bertz CT molecular complexity index is 210. The summed E-state index contributed by atoms with van der Waals surface area (Å²) in [5.74, 6) is 0. The molecule has 0 radical (unpaired) electrons. The van der Waals surface area contributed by atoms with Gasteiger partial charge in [0, 0.05) is 12.6 Å². The third-order valence-corrected chi connectivity index (χ3v) is 2.34. The van der Waals surface area contributed by atoms with Gasteiger partial charge in [0.25, 0.3) is 0 Å². The van der Waals surface area contributed by atoms with Crippen molar-refractivity contribution in [3.8, 4) is 0 Å². The molecule has 1 fully saturated rings. The zero-order valence-electron chi connectivity index (χ0n) is 6.12. The van der Waals surface area contributed by atoms with E-state index in [9.17, 15) is 8.42 Å². The van der Waals surface area contributed by atoms with Crippen LogP contribution in [0.25, 0.3) is 0 Å². The zero-order chi connectivity index (χ0) is 8.32.